The molecule has 0 radical (unpaired) electrons. The molecule has 0 saturated heterocycles. The summed E-state index contributed by atoms with van der Waals surface area (Å²) in [6, 6.07) is 7.25. The predicted molar refractivity (Wildman–Crippen MR) is 105 cm³/mol. The van der Waals surface area contributed by atoms with Crippen molar-refractivity contribution in [1.29, 1.82) is 0 Å². The van der Waals surface area contributed by atoms with Gasteiger partial charge in [-0.05, 0) is 44.2 Å². The molecule has 1 unspecified atom stereocenters. The number of pyridine rings is 1. The van der Waals surface area contributed by atoms with E-state index in [1.165, 1.54) is 4.90 Å². The summed E-state index contributed by atoms with van der Waals surface area (Å²) in [7, 11) is 0. The second-order valence-corrected chi connectivity index (χ2v) is 6.76. The number of nitrogens with two attached hydrogens (primary N) is 1. The summed E-state index contributed by atoms with van der Waals surface area (Å²) in [5.41, 5.74) is 6.65. The van der Waals surface area contributed by atoms with Crippen LogP contribution in [-0.4, -0.2) is 48.4 Å². The number of likely N-dealkylation sites (N-methyl/N-ethyl adjacent to an activating group) is 1. The van der Waals surface area contributed by atoms with E-state index in [1.807, 2.05) is 6.92 Å². The minimum Gasteiger partial charge on any atom is -0.482 e. The monoisotopic (exact) mass is 396 g/mol. The zero-order valence-electron chi connectivity index (χ0n) is 16.0. The summed E-state index contributed by atoms with van der Waals surface area (Å²) in [6.45, 7) is 3.71. The van der Waals surface area contributed by atoms with Gasteiger partial charge in [0, 0.05) is 12.1 Å². The van der Waals surface area contributed by atoms with E-state index in [9.17, 15) is 14.4 Å². The molecule has 4 rings (SSSR count). The SMILES string of the molecule is CCN1C(=O)COc2ccc(C(=O)C(C)N3C(=O)COc4ccc(N)nc43)cc21. The summed E-state index contributed by atoms with van der Waals surface area (Å²) < 4.78 is 10.8. The highest BCUT2D eigenvalue weighted by Crippen LogP contribution is 2.35. The Kier molecular flexibility index (Phi) is 4.57. The summed E-state index contributed by atoms with van der Waals surface area (Å²) in [6.07, 6.45) is 0. The molecule has 2 amide bonds. The molecule has 1 aromatic carbocycles. The molecule has 9 heteroatoms. The maximum atomic E-state index is 13.2. The van der Waals surface area contributed by atoms with Crippen molar-refractivity contribution in [2.75, 3.05) is 35.3 Å². The number of rotatable bonds is 4. The van der Waals surface area contributed by atoms with Gasteiger partial charge in [0.15, 0.2) is 30.6 Å². The number of aromatic nitrogens is 1. The Morgan fingerprint density at radius 2 is 1.83 bits per heavy atom. The van der Waals surface area contributed by atoms with Crippen LogP contribution in [0.1, 0.15) is 24.2 Å². The topological polar surface area (TPSA) is 115 Å². The normalized spacial score (nSPS) is 16.5. The zero-order valence-corrected chi connectivity index (χ0v) is 16.0. The van der Waals surface area contributed by atoms with Gasteiger partial charge in [0.25, 0.3) is 11.8 Å². The van der Waals surface area contributed by atoms with Gasteiger partial charge in [-0.25, -0.2) is 4.98 Å². The van der Waals surface area contributed by atoms with Crippen molar-refractivity contribution in [1.82, 2.24) is 4.98 Å². The first-order valence-electron chi connectivity index (χ1n) is 9.23. The number of amides is 2. The third-order valence-corrected chi connectivity index (χ3v) is 4.98. The Hall–Kier alpha value is -3.62. The molecule has 0 fully saturated rings. The average molecular weight is 396 g/mol. The molecule has 0 bridgehead atoms. The van der Waals surface area contributed by atoms with Crippen molar-refractivity contribution in [3.05, 3.63) is 35.9 Å². The molecule has 2 N–H and O–H groups in total. The van der Waals surface area contributed by atoms with Gasteiger partial charge in [-0.3, -0.25) is 19.3 Å². The second kappa shape index (κ2) is 7.08. The standard InChI is InChI=1S/C20H20N4O5/c1-3-23-13-8-12(4-5-14(13)28-9-17(23)25)19(27)11(2)24-18(26)10-29-15-6-7-16(21)22-20(15)24/h4-8,11H,3,9-10H2,1-2H3,(H2,21,22). The molecule has 150 valence electrons. The van der Waals surface area contributed by atoms with Crippen LogP contribution in [0.4, 0.5) is 17.3 Å². The number of fused-ring (bicyclic) bond motifs is 2. The quantitative estimate of drug-likeness (QED) is 0.777. The number of Topliss-reactive ketones (excluding diaryl/α,β-unsaturated/α-hetero) is 1. The smallest absolute Gasteiger partial charge is 0.266 e. The maximum Gasteiger partial charge on any atom is 0.266 e. The van der Waals surface area contributed by atoms with Crippen LogP contribution >= 0.6 is 0 Å². The fourth-order valence-electron chi connectivity index (χ4n) is 3.52. The van der Waals surface area contributed by atoms with E-state index in [4.69, 9.17) is 15.2 Å². The molecular weight excluding hydrogens is 376 g/mol. The average Bonchev–Trinajstić information content (AvgIpc) is 2.72. The van der Waals surface area contributed by atoms with E-state index in [2.05, 4.69) is 4.98 Å². The van der Waals surface area contributed by atoms with Crippen LogP contribution in [0.25, 0.3) is 0 Å². The van der Waals surface area contributed by atoms with E-state index >= 15 is 0 Å². The van der Waals surface area contributed by atoms with Crippen molar-refractivity contribution in [3.63, 3.8) is 0 Å². The van der Waals surface area contributed by atoms with Gasteiger partial charge in [0.05, 0.1) is 11.7 Å². The van der Waals surface area contributed by atoms with Gasteiger partial charge in [-0.2, -0.15) is 0 Å². The molecule has 0 aliphatic carbocycles. The molecule has 3 heterocycles. The summed E-state index contributed by atoms with van der Waals surface area (Å²) >= 11 is 0. The first kappa shape index (κ1) is 18.7. The van der Waals surface area contributed by atoms with Crippen LogP contribution in [0.15, 0.2) is 30.3 Å². The third-order valence-electron chi connectivity index (χ3n) is 4.98. The number of hydrogen-bond donors (Lipinski definition) is 1. The number of ketones is 1. The van der Waals surface area contributed by atoms with Crippen molar-refractivity contribution < 1.29 is 23.9 Å². The molecule has 0 spiro atoms. The van der Waals surface area contributed by atoms with Gasteiger partial charge < -0.3 is 20.1 Å². The Bertz CT molecular complexity index is 1020. The van der Waals surface area contributed by atoms with E-state index in [1.54, 1.807) is 42.2 Å². The Morgan fingerprint density at radius 3 is 2.59 bits per heavy atom. The molecule has 29 heavy (non-hydrogen) atoms. The van der Waals surface area contributed by atoms with Crippen LogP contribution in [0.3, 0.4) is 0 Å². The number of carbonyl (C=O) groups is 3. The highest BCUT2D eigenvalue weighted by Gasteiger charge is 2.35. The highest BCUT2D eigenvalue weighted by molar-refractivity contribution is 6.10. The van der Waals surface area contributed by atoms with Crippen molar-refractivity contribution in [3.8, 4) is 11.5 Å². The first-order valence-corrected chi connectivity index (χ1v) is 9.23. The van der Waals surface area contributed by atoms with E-state index in [0.29, 0.717) is 29.3 Å². The number of hydrogen-bond acceptors (Lipinski definition) is 7. The molecule has 1 atom stereocenters. The number of benzene rings is 1. The van der Waals surface area contributed by atoms with Gasteiger partial charge in [-0.1, -0.05) is 0 Å². The Balaban J connectivity index is 1.69. The summed E-state index contributed by atoms with van der Waals surface area (Å²) in [5, 5.41) is 0. The molecule has 0 saturated carbocycles. The van der Waals surface area contributed by atoms with E-state index in [0.717, 1.165) is 0 Å². The maximum absolute atomic E-state index is 13.2. The first-order chi connectivity index (χ1) is 13.9. The molecular formula is C20H20N4O5. The van der Waals surface area contributed by atoms with E-state index in [-0.39, 0.29) is 42.4 Å². The number of nitrogen functional groups attached to an aromatic ring is 1. The number of anilines is 3. The van der Waals surface area contributed by atoms with Crippen molar-refractivity contribution in [2.24, 2.45) is 0 Å². The summed E-state index contributed by atoms with van der Waals surface area (Å²) in [5.74, 6) is 0.506. The van der Waals surface area contributed by atoms with E-state index < -0.39 is 6.04 Å². The zero-order chi connectivity index (χ0) is 20.7. The van der Waals surface area contributed by atoms with Gasteiger partial charge in [0.1, 0.15) is 11.6 Å². The fraction of sp³-hybridized carbons (Fsp3) is 0.300. The molecule has 2 aliphatic heterocycles. The lowest BCUT2D eigenvalue weighted by molar-refractivity contribution is -0.122. The number of carbonyl (C=O) groups excluding carboxylic acids is 3. The lowest BCUT2D eigenvalue weighted by Gasteiger charge is -2.33. The second-order valence-electron chi connectivity index (χ2n) is 6.76. The third kappa shape index (κ3) is 3.14. The van der Waals surface area contributed by atoms with Crippen molar-refractivity contribution >= 4 is 34.9 Å². The molecule has 2 aliphatic rings. The van der Waals surface area contributed by atoms with Crippen LogP contribution in [0.5, 0.6) is 11.5 Å². The van der Waals surface area contributed by atoms with Crippen LogP contribution in [0, 0.1) is 0 Å². The van der Waals surface area contributed by atoms with Crippen LogP contribution < -0.4 is 25.0 Å². The molecule has 1 aromatic heterocycles. The fourth-order valence-corrected chi connectivity index (χ4v) is 3.52. The van der Waals surface area contributed by atoms with Gasteiger partial charge >= 0.3 is 0 Å². The Morgan fingerprint density at radius 1 is 1.14 bits per heavy atom. The molecule has 9 nitrogen and oxygen atoms in total. The predicted octanol–water partition coefficient (Wildman–Crippen LogP) is 1.41. The number of ether oxygens (including phenoxy) is 2. The highest BCUT2D eigenvalue weighted by atomic mass is 16.5. The van der Waals surface area contributed by atoms with Crippen LogP contribution in [0.2, 0.25) is 0 Å². The minimum absolute atomic E-state index is 0.0311. The minimum atomic E-state index is -0.840. The lowest BCUT2D eigenvalue weighted by Crippen LogP contribution is -2.48. The largest absolute Gasteiger partial charge is 0.482 e. The van der Waals surface area contributed by atoms with Crippen LogP contribution in [-0.2, 0) is 9.59 Å². The lowest BCUT2D eigenvalue weighted by atomic mass is 10.0. The van der Waals surface area contributed by atoms with Gasteiger partial charge in [0.2, 0.25) is 0 Å². The Labute approximate surface area is 167 Å². The van der Waals surface area contributed by atoms with Crippen molar-refractivity contribution in [2.45, 2.75) is 19.9 Å². The molecule has 2 aromatic rings. The summed E-state index contributed by atoms with van der Waals surface area (Å²) in [4.78, 5) is 44.9. The number of nitrogens with zero attached hydrogens (tertiary/aromatic N) is 3. The van der Waals surface area contributed by atoms with Gasteiger partial charge in [-0.15, -0.1) is 0 Å².